The van der Waals surface area contributed by atoms with Crippen LogP contribution in [0.15, 0.2) is 62.4 Å². The van der Waals surface area contributed by atoms with Crippen LogP contribution in [0.2, 0.25) is 0 Å². The van der Waals surface area contributed by atoms with Crippen LogP contribution in [-0.2, 0) is 12.7 Å². The van der Waals surface area contributed by atoms with Gasteiger partial charge in [0.1, 0.15) is 11.6 Å². The Morgan fingerprint density at radius 2 is 1.72 bits per heavy atom. The standard InChI is InChI=1S/C25H19F4N7O3/c26-18-10-19-20(9-17(18)14-2-4-21(32-11-14)35-7-5-30-6-8-35)38-24(37)36(19)13-16-3-1-15(12-31-16)22-33-34-23(39-22)25(27,28)29/h1-4,9-12,30H,5-8,13H2. The van der Waals surface area contributed by atoms with E-state index in [1.165, 1.54) is 35.0 Å². The second-order valence-electron chi connectivity index (χ2n) is 8.84. The van der Waals surface area contributed by atoms with Crippen molar-refractivity contribution in [3.63, 3.8) is 0 Å². The topological polar surface area (TPSA) is 115 Å². The molecule has 0 saturated carbocycles. The van der Waals surface area contributed by atoms with Gasteiger partial charge in [-0.05, 0) is 30.3 Å². The average Bonchev–Trinajstić information content (AvgIpc) is 3.55. The summed E-state index contributed by atoms with van der Waals surface area (Å²) >= 11 is 0. The smallest absolute Gasteiger partial charge is 0.413 e. The summed E-state index contributed by atoms with van der Waals surface area (Å²) in [5.74, 6) is -2.29. The van der Waals surface area contributed by atoms with Crippen molar-refractivity contribution in [3.05, 3.63) is 76.7 Å². The largest absolute Gasteiger partial charge is 0.470 e. The molecule has 1 fully saturated rings. The number of pyridine rings is 2. The Morgan fingerprint density at radius 1 is 0.949 bits per heavy atom. The Bertz CT molecular complexity index is 1690. The summed E-state index contributed by atoms with van der Waals surface area (Å²) in [6.07, 6.45) is -1.93. The molecule has 1 N–H and O–H groups in total. The summed E-state index contributed by atoms with van der Waals surface area (Å²) in [4.78, 5) is 23.4. The third kappa shape index (κ3) is 4.85. The van der Waals surface area contributed by atoms with Crippen LogP contribution < -0.4 is 16.0 Å². The van der Waals surface area contributed by atoms with E-state index in [0.29, 0.717) is 11.3 Å². The second kappa shape index (κ2) is 9.62. The van der Waals surface area contributed by atoms with Crippen molar-refractivity contribution in [1.29, 1.82) is 0 Å². The van der Waals surface area contributed by atoms with Gasteiger partial charge in [-0.2, -0.15) is 13.2 Å². The molecule has 1 saturated heterocycles. The fourth-order valence-corrected chi connectivity index (χ4v) is 4.34. The summed E-state index contributed by atoms with van der Waals surface area (Å²) in [7, 11) is 0. The van der Waals surface area contributed by atoms with Gasteiger partial charge in [0.25, 0.3) is 0 Å². The molecule has 0 radical (unpaired) electrons. The van der Waals surface area contributed by atoms with Gasteiger partial charge in [0.2, 0.25) is 5.89 Å². The summed E-state index contributed by atoms with van der Waals surface area (Å²) < 4.78 is 64.5. The molecule has 10 nitrogen and oxygen atoms in total. The highest BCUT2D eigenvalue weighted by atomic mass is 19.4. The minimum Gasteiger partial charge on any atom is -0.413 e. The maximum atomic E-state index is 15.2. The quantitative estimate of drug-likeness (QED) is 0.333. The number of rotatable bonds is 5. The third-order valence-corrected chi connectivity index (χ3v) is 6.32. The van der Waals surface area contributed by atoms with Crippen LogP contribution in [0.3, 0.4) is 0 Å². The minimum atomic E-state index is -4.76. The number of alkyl halides is 3. The SMILES string of the molecule is O=c1oc2cc(-c3ccc(N4CCNCC4)nc3)c(F)cc2n1Cc1ccc(-c2nnc(C(F)(F)F)o2)cn1. The van der Waals surface area contributed by atoms with Gasteiger partial charge in [-0.1, -0.05) is 0 Å². The van der Waals surface area contributed by atoms with E-state index in [1.54, 1.807) is 12.3 Å². The Morgan fingerprint density at radius 3 is 2.38 bits per heavy atom. The fourth-order valence-electron chi connectivity index (χ4n) is 4.34. The van der Waals surface area contributed by atoms with Gasteiger partial charge in [0.05, 0.1) is 23.3 Å². The fraction of sp³-hybridized carbons (Fsp3) is 0.240. The Hall–Kier alpha value is -4.59. The maximum absolute atomic E-state index is 15.2. The van der Waals surface area contributed by atoms with E-state index in [4.69, 9.17) is 4.42 Å². The first-order chi connectivity index (χ1) is 18.8. The van der Waals surface area contributed by atoms with Gasteiger partial charge in [0, 0.05) is 55.8 Å². The molecular formula is C25H19F4N7O3. The van der Waals surface area contributed by atoms with E-state index in [0.717, 1.165) is 32.0 Å². The first-order valence-corrected chi connectivity index (χ1v) is 11.9. The zero-order valence-corrected chi connectivity index (χ0v) is 20.1. The van der Waals surface area contributed by atoms with Gasteiger partial charge in [-0.3, -0.25) is 9.55 Å². The molecule has 5 aromatic rings. The van der Waals surface area contributed by atoms with E-state index in [9.17, 15) is 18.0 Å². The molecule has 5 heterocycles. The number of aromatic nitrogens is 5. The van der Waals surface area contributed by atoms with Crippen LogP contribution in [0.5, 0.6) is 0 Å². The molecule has 0 atom stereocenters. The lowest BCUT2D eigenvalue weighted by atomic mass is 10.1. The predicted octanol–water partition coefficient (Wildman–Crippen LogP) is 3.72. The molecule has 0 spiro atoms. The number of hydrogen-bond donors (Lipinski definition) is 1. The number of anilines is 1. The highest BCUT2D eigenvalue weighted by molar-refractivity contribution is 5.81. The zero-order chi connectivity index (χ0) is 27.1. The number of halogens is 4. The molecule has 4 aromatic heterocycles. The van der Waals surface area contributed by atoms with Crippen LogP contribution in [0, 0.1) is 5.82 Å². The van der Waals surface area contributed by atoms with E-state index in [2.05, 4.69) is 34.8 Å². The lowest BCUT2D eigenvalue weighted by Gasteiger charge is -2.28. The van der Waals surface area contributed by atoms with Crippen molar-refractivity contribution in [2.45, 2.75) is 12.7 Å². The average molecular weight is 541 g/mol. The number of hydrogen-bond acceptors (Lipinski definition) is 9. The Balaban J connectivity index is 1.24. The molecule has 0 bridgehead atoms. The monoisotopic (exact) mass is 541 g/mol. The van der Waals surface area contributed by atoms with Gasteiger partial charge in [-0.15, -0.1) is 10.2 Å². The number of fused-ring (bicyclic) bond motifs is 1. The van der Waals surface area contributed by atoms with Crippen LogP contribution in [-0.4, -0.2) is 50.9 Å². The molecule has 14 heteroatoms. The van der Waals surface area contributed by atoms with Crippen molar-refractivity contribution in [2.24, 2.45) is 0 Å². The summed E-state index contributed by atoms with van der Waals surface area (Å²) in [5.41, 5.74) is 1.72. The van der Waals surface area contributed by atoms with Crippen LogP contribution >= 0.6 is 0 Å². The van der Waals surface area contributed by atoms with Crippen LogP contribution in [0.25, 0.3) is 33.7 Å². The molecule has 0 amide bonds. The predicted molar refractivity (Wildman–Crippen MR) is 130 cm³/mol. The molecule has 1 aliphatic heterocycles. The highest BCUT2D eigenvalue weighted by Crippen LogP contribution is 2.31. The molecule has 200 valence electrons. The van der Waals surface area contributed by atoms with Crippen molar-refractivity contribution in [1.82, 2.24) is 30.0 Å². The van der Waals surface area contributed by atoms with Crippen molar-refractivity contribution >= 4 is 16.9 Å². The van der Waals surface area contributed by atoms with E-state index < -0.39 is 23.6 Å². The van der Waals surface area contributed by atoms with Gasteiger partial charge >= 0.3 is 17.8 Å². The number of piperazine rings is 1. The molecule has 6 rings (SSSR count). The first kappa shape index (κ1) is 24.7. The van der Waals surface area contributed by atoms with Crippen molar-refractivity contribution in [3.8, 4) is 22.6 Å². The van der Waals surface area contributed by atoms with E-state index in [-0.39, 0.29) is 34.7 Å². The zero-order valence-electron chi connectivity index (χ0n) is 20.1. The van der Waals surface area contributed by atoms with Crippen molar-refractivity contribution < 1.29 is 26.4 Å². The van der Waals surface area contributed by atoms with Crippen LogP contribution in [0.4, 0.5) is 23.4 Å². The third-order valence-electron chi connectivity index (χ3n) is 6.32. The van der Waals surface area contributed by atoms with Gasteiger partial charge < -0.3 is 19.1 Å². The van der Waals surface area contributed by atoms with Crippen molar-refractivity contribution in [2.75, 3.05) is 31.1 Å². The molecule has 1 aromatic carbocycles. The molecule has 1 aliphatic rings. The normalized spacial score (nSPS) is 14.3. The lowest BCUT2D eigenvalue weighted by molar-refractivity contribution is -0.156. The maximum Gasteiger partial charge on any atom is 0.470 e. The molecule has 39 heavy (non-hydrogen) atoms. The first-order valence-electron chi connectivity index (χ1n) is 11.9. The van der Waals surface area contributed by atoms with Crippen LogP contribution in [0.1, 0.15) is 11.6 Å². The number of nitrogens with zero attached hydrogens (tertiary/aromatic N) is 6. The molecule has 0 aliphatic carbocycles. The lowest BCUT2D eigenvalue weighted by Crippen LogP contribution is -2.43. The minimum absolute atomic E-state index is 0.0660. The molecular weight excluding hydrogens is 522 g/mol. The van der Waals surface area contributed by atoms with E-state index in [1.807, 2.05) is 6.07 Å². The number of benzene rings is 1. The number of nitrogens with one attached hydrogen (secondary N) is 1. The highest BCUT2D eigenvalue weighted by Gasteiger charge is 2.38. The Labute approximate surface area is 216 Å². The summed E-state index contributed by atoms with van der Waals surface area (Å²) in [5, 5.41) is 9.65. The number of oxazole rings is 1. The van der Waals surface area contributed by atoms with Gasteiger partial charge in [-0.25, -0.2) is 14.2 Å². The summed E-state index contributed by atoms with van der Waals surface area (Å²) in [6.45, 7) is 3.33. The Kier molecular flexibility index (Phi) is 6.10. The summed E-state index contributed by atoms with van der Waals surface area (Å²) in [6, 6.07) is 9.18. The molecule has 0 unspecified atom stereocenters. The van der Waals surface area contributed by atoms with E-state index >= 15 is 4.39 Å². The van der Waals surface area contributed by atoms with Gasteiger partial charge in [0.15, 0.2) is 5.58 Å². The second-order valence-corrected chi connectivity index (χ2v) is 8.84.